The summed E-state index contributed by atoms with van der Waals surface area (Å²) in [5.74, 6) is -0.449. The summed E-state index contributed by atoms with van der Waals surface area (Å²) < 4.78 is 18.6. The van der Waals surface area contributed by atoms with E-state index in [1.807, 2.05) is 0 Å². The molecule has 4 heteroatoms. The average Bonchev–Trinajstić information content (AvgIpc) is 2.32. The van der Waals surface area contributed by atoms with Crippen molar-refractivity contribution in [3.8, 4) is 0 Å². The fourth-order valence-corrected chi connectivity index (χ4v) is 1.84. The van der Waals surface area contributed by atoms with Crippen molar-refractivity contribution in [2.75, 3.05) is 0 Å². The molecule has 84 valence electrons. The predicted molar refractivity (Wildman–Crippen MR) is 62.5 cm³/mol. The van der Waals surface area contributed by atoms with Gasteiger partial charge in [0.1, 0.15) is 11.4 Å². The first-order valence-electron chi connectivity index (χ1n) is 5.14. The largest absolute Gasteiger partial charge is 0.454 e. The molecule has 0 aliphatic carbocycles. The van der Waals surface area contributed by atoms with Gasteiger partial charge in [0, 0.05) is 5.69 Å². The van der Waals surface area contributed by atoms with E-state index in [1.54, 1.807) is 13.0 Å². The zero-order valence-electron chi connectivity index (χ0n) is 9.03. The van der Waals surface area contributed by atoms with Crippen LogP contribution in [0.4, 0.5) is 4.39 Å². The Labute approximate surface area is 95.5 Å². The van der Waals surface area contributed by atoms with Gasteiger partial charge in [0.25, 0.3) is 0 Å². The van der Waals surface area contributed by atoms with Gasteiger partial charge in [-0.2, -0.15) is 0 Å². The average molecular weight is 229 g/mol. The van der Waals surface area contributed by atoms with E-state index in [1.165, 1.54) is 24.4 Å². The van der Waals surface area contributed by atoms with E-state index in [-0.39, 0.29) is 10.8 Å². The minimum absolute atomic E-state index is 0.230. The monoisotopic (exact) mass is 229 g/mol. The summed E-state index contributed by atoms with van der Waals surface area (Å²) in [6.45, 7) is 1.79. The van der Waals surface area contributed by atoms with Gasteiger partial charge < -0.3 is 4.42 Å². The van der Waals surface area contributed by atoms with Crippen molar-refractivity contribution < 1.29 is 8.81 Å². The lowest BCUT2D eigenvalue weighted by molar-refractivity contribution is 0.623. The molecule has 2 heterocycles. The third-order valence-corrected chi connectivity index (χ3v) is 2.65. The highest BCUT2D eigenvalue weighted by Crippen LogP contribution is 2.18. The lowest BCUT2D eigenvalue weighted by Crippen LogP contribution is -2.03. The van der Waals surface area contributed by atoms with Crippen LogP contribution in [0.1, 0.15) is 5.69 Å². The standard InChI is InChI=1S/C13H8FNO2/c1-7-4-9-12(6-15-7)17-11-3-2-8(14)5-10(11)13(9)16/h2-6H,1H3. The Morgan fingerprint density at radius 2 is 1.94 bits per heavy atom. The molecule has 0 saturated carbocycles. The number of pyridine rings is 1. The maximum absolute atomic E-state index is 13.1. The fourth-order valence-electron chi connectivity index (χ4n) is 1.84. The van der Waals surface area contributed by atoms with Crippen LogP contribution in [0.5, 0.6) is 0 Å². The van der Waals surface area contributed by atoms with Crippen LogP contribution in [0.25, 0.3) is 21.9 Å². The summed E-state index contributed by atoms with van der Waals surface area (Å²) in [6, 6.07) is 5.55. The van der Waals surface area contributed by atoms with Crippen LogP contribution in [0, 0.1) is 12.7 Å². The van der Waals surface area contributed by atoms with E-state index in [9.17, 15) is 9.18 Å². The van der Waals surface area contributed by atoms with E-state index in [0.717, 1.165) is 5.69 Å². The second kappa shape index (κ2) is 3.38. The van der Waals surface area contributed by atoms with Crippen LogP contribution in [-0.2, 0) is 0 Å². The molecule has 0 radical (unpaired) electrons. The number of aromatic nitrogens is 1. The first kappa shape index (κ1) is 9.96. The number of aryl methyl sites for hydroxylation is 1. The highest BCUT2D eigenvalue weighted by Gasteiger charge is 2.08. The van der Waals surface area contributed by atoms with Gasteiger partial charge in [-0.15, -0.1) is 0 Å². The van der Waals surface area contributed by atoms with Crippen molar-refractivity contribution in [2.24, 2.45) is 0 Å². The summed E-state index contributed by atoms with van der Waals surface area (Å²) in [6.07, 6.45) is 1.51. The molecule has 0 N–H and O–H groups in total. The van der Waals surface area contributed by atoms with Crippen LogP contribution in [0.15, 0.2) is 39.7 Å². The zero-order chi connectivity index (χ0) is 12.0. The Morgan fingerprint density at radius 1 is 1.18 bits per heavy atom. The van der Waals surface area contributed by atoms with E-state index < -0.39 is 5.82 Å². The van der Waals surface area contributed by atoms with Gasteiger partial charge >= 0.3 is 0 Å². The summed E-state index contributed by atoms with van der Waals surface area (Å²) in [7, 11) is 0. The van der Waals surface area contributed by atoms with Crippen molar-refractivity contribution >= 4 is 21.9 Å². The minimum Gasteiger partial charge on any atom is -0.454 e. The van der Waals surface area contributed by atoms with E-state index >= 15 is 0 Å². The predicted octanol–water partition coefficient (Wildman–Crippen LogP) is 2.79. The summed E-state index contributed by atoms with van der Waals surface area (Å²) in [5.41, 5.74) is 1.28. The molecule has 0 fully saturated rings. The van der Waals surface area contributed by atoms with Crippen LogP contribution >= 0.6 is 0 Å². The van der Waals surface area contributed by atoms with Gasteiger partial charge in [-0.1, -0.05) is 0 Å². The van der Waals surface area contributed by atoms with Gasteiger partial charge in [0.15, 0.2) is 5.58 Å². The third kappa shape index (κ3) is 1.49. The van der Waals surface area contributed by atoms with Gasteiger partial charge in [0.2, 0.25) is 5.43 Å². The van der Waals surface area contributed by atoms with Crippen molar-refractivity contribution in [3.63, 3.8) is 0 Å². The number of halogens is 1. The maximum Gasteiger partial charge on any atom is 0.200 e. The van der Waals surface area contributed by atoms with Crippen molar-refractivity contribution in [1.82, 2.24) is 4.98 Å². The molecule has 0 aliphatic heterocycles. The smallest absolute Gasteiger partial charge is 0.200 e. The third-order valence-electron chi connectivity index (χ3n) is 2.65. The minimum atomic E-state index is -0.449. The molecular weight excluding hydrogens is 221 g/mol. The molecule has 3 nitrogen and oxygen atoms in total. The van der Waals surface area contributed by atoms with Crippen molar-refractivity contribution in [2.45, 2.75) is 6.92 Å². The van der Waals surface area contributed by atoms with Crippen LogP contribution in [0.2, 0.25) is 0 Å². The summed E-state index contributed by atoms with van der Waals surface area (Å²) >= 11 is 0. The van der Waals surface area contributed by atoms with Crippen molar-refractivity contribution in [1.29, 1.82) is 0 Å². The number of rotatable bonds is 0. The highest BCUT2D eigenvalue weighted by atomic mass is 19.1. The zero-order valence-corrected chi connectivity index (χ0v) is 9.03. The molecule has 2 aromatic heterocycles. The molecule has 0 saturated heterocycles. The first-order chi connectivity index (χ1) is 8.15. The Hall–Kier alpha value is -2.23. The van der Waals surface area contributed by atoms with Gasteiger partial charge in [-0.05, 0) is 31.2 Å². The van der Waals surface area contributed by atoms with Gasteiger partial charge in [0.05, 0.1) is 17.0 Å². The second-order valence-electron chi connectivity index (χ2n) is 3.89. The molecule has 0 amide bonds. The number of nitrogens with zero attached hydrogens (tertiary/aromatic N) is 1. The lowest BCUT2D eigenvalue weighted by Gasteiger charge is -2.01. The molecule has 0 bridgehead atoms. The highest BCUT2D eigenvalue weighted by molar-refractivity contribution is 5.89. The number of benzene rings is 1. The van der Waals surface area contributed by atoms with Crippen LogP contribution in [0.3, 0.4) is 0 Å². The first-order valence-corrected chi connectivity index (χ1v) is 5.14. The fraction of sp³-hybridized carbons (Fsp3) is 0.0769. The number of hydrogen-bond donors (Lipinski definition) is 0. The number of fused-ring (bicyclic) bond motifs is 2. The maximum atomic E-state index is 13.1. The Balaban J connectivity index is 2.58. The molecule has 0 unspecified atom stereocenters. The topological polar surface area (TPSA) is 43.1 Å². The van der Waals surface area contributed by atoms with Crippen molar-refractivity contribution in [3.05, 3.63) is 52.2 Å². The SMILES string of the molecule is Cc1cc2c(=O)c3cc(F)ccc3oc2cn1. The molecule has 0 atom stereocenters. The number of hydrogen-bond acceptors (Lipinski definition) is 3. The molecule has 3 rings (SSSR count). The molecule has 1 aromatic carbocycles. The molecule has 17 heavy (non-hydrogen) atoms. The van der Waals surface area contributed by atoms with E-state index in [2.05, 4.69) is 4.98 Å². The Morgan fingerprint density at radius 3 is 2.76 bits per heavy atom. The normalized spacial score (nSPS) is 11.2. The summed E-state index contributed by atoms with van der Waals surface area (Å²) in [4.78, 5) is 16.2. The van der Waals surface area contributed by atoms with E-state index in [4.69, 9.17) is 4.42 Å². The quantitative estimate of drug-likeness (QED) is 0.557. The molecule has 0 spiro atoms. The Bertz CT molecular complexity index is 729. The second-order valence-corrected chi connectivity index (χ2v) is 3.89. The van der Waals surface area contributed by atoms with Gasteiger partial charge in [-0.3, -0.25) is 9.78 Å². The summed E-state index contributed by atoms with van der Waals surface area (Å²) in [5, 5.41) is 0.679. The molecule has 0 aliphatic rings. The molecular formula is C13H8FNO2. The molecule has 3 aromatic rings. The lowest BCUT2D eigenvalue weighted by atomic mass is 10.1. The van der Waals surface area contributed by atoms with Crippen LogP contribution in [-0.4, -0.2) is 4.98 Å². The Kier molecular flexibility index (Phi) is 1.98. The van der Waals surface area contributed by atoms with Crippen LogP contribution < -0.4 is 5.43 Å². The van der Waals surface area contributed by atoms with E-state index in [0.29, 0.717) is 16.6 Å². The van der Waals surface area contributed by atoms with Gasteiger partial charge in [-0.25, -0.2) is 4.39 Å².